The highest BCUT2D eigenvalue weighted by Crippen LogP contribution is 2.37. The minimum atomic E-state index is -1.21. The lowest BCUT2D eigenvalue weighted by Gasteiger charge is -2.35. The van der Waals surface area contributed by atoms with E-state index in [-0.39, 0.29) is 22.7 Å². The van der Waals surface area contributed by atoms with Crippen LogP contribution in [0.1, 0.15) is 45.2 Å². The summed E-state index contributed by atoms with van der Waals surface area (Å²) < 4.78 is 0. The van der Waals surface area contributed by atoms with Crippen molar-refractivity contribution in [1.29, 1.82) is 0 Å². The highest BCUT2D eigenvalue weighted by atomic mass is 35.5. The Morgan fingerprint density at radius 2 is 1.72 bits per heavy atom. The molecule has 1 heterocycles. The van der Waals surface area contributed by atoms with E-state index in [1.165, 1.54) is 22.4 Å². The van der Waals surface area contributed by atoms with Gasteiger partial charge in [0.1, 0.15) is 5.01 Å². The molecule has 0 saturated carbocycles. The first kappa shape index (κ1) is 27.9. The summed E-state index contributed by atoms with van der Waals surface area (Å²) in [6.45, 7) is 2.38. The molecule has 190 valence electrons. The fourth-order valence-electron chi connectivity index (χ4n) is 3.63. The summed E-state index contributed by atoms with van der Waals surface area (Å²) in [4.78, 5) is 45.4. The van der Waals surface area contributed by atoms with E-state index in [2.05, 4.69) is 4.98 Å². The maximum absolute atomic E-state index is 14.0. The fourth-order valence-corrected chi connectivity index (χ4v) is 5.14. The predicted molar refractivity (Wildman–Crippen MR) is 142 cm³/mol. The second kappa shape index (κ2) is 12.0. The minimum absolute atomic E-state index is 0.0474. The first-order valence-corrected chi connectivity index (χ1v) is 12.8. The lowest BCUT2D eigenvalue weighted by molar-refractivity contribution is -0.123. The average molecular weight is 570 g/mol. The Hall–Kier alpha value is -2.69. The van der Waals surface area contributed by atoms with Crippen LogP contribution in [0.4, 0.5) is 5.69 Å². The van der Waals surface area contributed by atoms with Crippen LogP contribution in [-0.4, -0.2) is 52.4 Å². The maximum atomic E-state index is 14.0. The highest BCUT2D eigenvalue weighted by molar-refractivity contribution is 7.10. The SMILES string of the molecule is CCN(C)C(CC(c1nc(C(=O)O)cs1)N(C(=O)c1ccc(Cl)cc1Cl)c1ccc(Cl)cc1)C(N)=O. The number of nitrogens with zero attached hydrogens (tertiary/aromatic N) is 3. The van der Waals surface area contributed by atoms with E-state index in [9.17, 15) is 19.5 Å². The number of hydrogen-bond donors (Lipinski definition) is 2. The van der Waals surface area contributed by atoms with Gasteiger partial charge in [-0.1, -0.05) is 41.7 Å². The Kier molecular flexibility index (Phi) is 9.32. The smallest absolute Gasteiger partial charge is 0.355 e. The van der Waals surface area contributed by atoms with E-state index in [1.54, 1.807) is 42.3 Å². The van der Waals surface area contributed by atoms with Gasteiger partial charge in [-0.25, -0.2) is 9.78 Å². The molecule has 2 amide bonds. The summed E-state index contributed by atoms with van der Waals surface area (Å²) in [7, 11) is 1.74. The normalized spacial score (nSPS) is 12.8. The molecule has 0 fully saturated rings. The molecule has 2 atom stereocenters. The van der Waals surface area contributed by atoms with Gasteiger partial charge < -0.3 is 10.8 Å². The average Bonchev–Trinajstić information content (AvgIpc) is 3.32. The monoisotopic (exact) mass is 568 g/mol. The van der Waals surface area contributed by atoms with Gasteiger partial charge in [0, 0.05) is 21.1 Å². The molecule has 3 N–H and O–H groups in total. The zero-order valence-electron chi connectivity index (χ0n) is 19.3. The first-order chi connectivity index (χ1) is 17.0. The molecule has 8 nitrogen and oxygen atoms in total. The number of carbonyl (C=O) groups is 3. The number of likely N-dealkylation sites (N-methyl/N-ethyl adjacent to an activating group) is 1. The van der Waals surface area contributed by atoms with Crippen molar-refractivity contribution >= 4 is 69.6 Å². The minimum Gasteiger partial charge on any atom is -0.476 e. The second-order valence-electron chi connectivity index (χ2n) is 7.89. The van der Waals surface area contributed by atoms with Crippen LogP contribution in [0.15, 0.2) is 47.8 Å². The van der Waals surface area contributed by atoms with Gasteiger partial charge in [0.2, 0.25) is 5.91 Å². The summed E-state index contributed by atoms with van der Waals surface area (Å²) >= 11 is 19.6. The largest absolute Gasteiger partial charge is 0.476 e. The van der Waals surface area contributed by atoms with E-state index in [4.69, 9.17) is 40.5 Å². The number of aromatic nitrogens is 1. The van der Waals surface area contributed by atoms with E-state index in [0.717, 1.165) is 11.3 Å². The Labute approximate surface area is 227 Å². The van der Waals surface area contributed by atoms with Crippen LogP contribution in [0, 0.1) is 0 Å². The van der Waals surface area contributed by atoms with Crippen molar-refractivity contribution in [3.05, 3.63) is 79.2 Å². The number of thiazole rings is 1. The summed E-state index contributed by atoms with van der Waals surface area (Å²) in [6, 6.07) is 9.37. The van der Waals surface area contributed by atoms with Crippen LogP contribution in [-0.2, 0) is 4.79 Å². The molecule has 1 aromatic heterocycles. The van der Waals surface area contributed by atoms with Crippen LogP contribution in [0.2, 0.25) is 15.1 Å². The molecule has 36 heavy (non-hydrogen) atoms. The molecule has 0 bridgehead atoms. The van der Waals surface area contributed by atoms with E-state index in [1.807, 2.05) is 6.92 Å². The van der Waals surface area contributed by atoms with Crippen LogP contribution in [0.25, 0.3) is 0 Å². The molecule has 2 unspecified atom stereocenters. The van der Waals surface area contributed by atoms with Crippen molar-refractivity contribution < 1.29 is 19.5 Å². The molecule has 0 spiro atoms. The fraction of sp³-hybridized carbons (Fsp3) is 0.250. The van der Waals surface area contributed by atoms with Gasteiger partial charge in [-0.2, -0.15) is 0 Å². The number of carbonyl (C=O) groups excluding carboxylic acids is 2. The molecule has 3 rings (SSSR count). The number of carboxylic acid groups (broad SMARTS) is 1. The summed E-state index contributed by atoms with van der Waals surface area (Å²) in [5.41, 5.74) is 6.16. The van der Waals surface area contributed by atoms with Crippen molar-refractivity contribution in [3.63, 3.8) is 0 Å². The Bertz CT molecular complexity index is 1270. The quantitative estimate of drug-likeness (QED) is 0.338. The van der Waals surface area contributed by atoms with E-state index in [0.29, 0.717) is 27.3 Å². The number of benzene rings is 2. The van der Waals surface area contributed by atoms with Crippen molar-refractivity contribution in [2.45, 2.75) is 25.4 Å². The summed E-state index contributed by atoms with van der Waals surface area (Å²) in [6.07, 6.45) is 0.0474. The number of carboxylic acids is 1. The van der Waals surface area contributed by atoms with Gasteiger partial charge in [0.05, 0.1) is 22.7 Å². The summed E-state index contributed by atoms with van der Waals surface area (Å²) in [5.74, 6) is -2.30. The Morgan fingerprint density at radius 1 is 1.08 bits per heavy atom. The number of rotatable bonds is 10. The van der Waals surface area contributed by atoms with Gasteiger partial charge in [-0.05, 0) is 62.5 Å². The molecule has 0 radical (unpaired) electrons. The summed E-state index contributed by atoms with van der Waals surface area (Å²) in [5, 5.41) is 12.1. The lowest BCUT2D eigenvalue weighted by Crippen LogP contribution is -2.46. The molecule has 0 aliphatic carbocycles. The Balaban J connectivity index is 2.23. The van der Waals surface area contributed by atoms with Gasteiger partial charge in [-0.3, -0.25) is 19.4 Å². The van der Waals surface area contributed by atoms with E-state index < -0.39 is 29.9 Å². The number of amides is 2. The number of anilines is 1. The van der Waals surface area contributed by atoms with Gasteiger partial charge >= 0.3 is 5.97 Å². The first-order valence-electron chi connectivity index (χ1n) is 10.8. The third kappa shape index (κ3) is 6.35. The van der Waals surface area contributed by atoms with Crippen molar-refractivity contribution in [1.82, 2.24) is 9.88 Å². The van der Waals surface area contributed by atoms with Crippen molar-refractivity contribution in [2.24, 2.45) is 5.73 Å². The van der Waals surface area contributed by atoms with Gasteiger partial charge in [0.25, 0.3) is 5.91 Å². The molecular formula is C24H23Cl3N4O4S. The number of nitrogens with two attached hydrogens (primary N) is 1. The van der Waals surface area contributed by atoms with Gasteiger partial charge in [-0.15, -0.1) is 11.3 Å². The molecule has 12 heteroatoms. The van der Waals surface area contributed by atoms with Crippen LogP contribution in [0.3, 0.4) is 0 Å². The molecular weight excluding hydrogens is 547 g/mol. The van der Waals surface area contributed by atoms with E-state index >= 15 is 0 Å². The predicted octanol–water partition coefficient (Wildman–Crippen LogP) is 5.39. The highest BCUT2D eigenvalue weighted by Gasteiger charge is 2.36. The lowest BCUT2D eigenvalue weighted by atomic mass is 10.0. The second-order valence-corrected chi connectivity index (χ2v) is 10.1. The molecule has 0 saturated heterocycles. The molecule has 0 aliphatic heterocycles. The maximum Gasteiger partial charge on any atom is 0.355 e. The number of aromatic carboxylic acids is 1. The molecule has 2 aromatic carbocycles. The molecule has 0 aliphatic rings. The zero-order chi connectivity index (χ0) is 26.6. The number of halogens is 3. The standard InChI is InChI=1S/C24H23Cl3N4O4S/c1-3-30(2)19(21(28)32)11-20(22-29-18(12-36-22)24(34)35)31(15-7-4-13(25)5-8-15)23(33)16-9-6-14(26)10-17(16)27/h4-10,12,19-20H,3,11H2,1-2H3,(H2,28,32)(H,34,35). The van der Waals surface area contributed by atoms with Crippen LogP contribution >= 0.6 is 46.1 Å². The Morgan fingerprint density at radius 3 is 2.25 bits per heavy atom. The van der Waals surface area contributed by atoms with Crippen LogP contribution < -0.4 is 10.6 Å². The number of primary amides is 1. The third-order valence-electron chi connectivity index (χ3n) is 5.63. The van der Waals surface area contributed by atoms with Crippen molar-refractivity contribution in [3.8, 4) is 0 Å². The van der Waals surface area contributed by atoms with Gasteiger partial charge in [0.15, 0.2) is 5.69 Å². The van der Waals surface area contributed by atoms with Crippen molar-refractivity contribution in [2.75, 3.05) is 18.5 Å². The van der Waals surface area contributed by atoms with Crippen LogP contribution in [0.5, 0.6) is 0 Å². The zero-order valence-corrected chi connectivity index (χ0v) is 22.4. The molecule has 3 aromatic rings. The third-order valence-corrected chi connectivity index (χ3v) is 7.37. The topological polar surface area (TPSA) is 117 Å². The number of hydrogen-bond acceptors (Lipinski definition) is 6.